The van der Waals surface area contributed by atoms with Gasteiger partial charge < -0.3 is 15.2 Å². The van der Waals surface area contributed by atoms with E-state index in [0.29, 0.717) is 11.7 Å². The predicted molar refractivity (Wildman–Crippen MR) is 88.4 cm³/mol. The van der Waals surface area contributed by atoms with E-state index < -0.39 is 0 Å². The summed E-state index contributed by atoms with van der Waals surface area (Å²) in [5, 5.41) is 13.2. The Morgan fingerprint density at radius 1 is 1.23 bits per heavy atom. The van der Waals surface area contributed by atoms with Crippen molar-refractivity contribution in [2.24, 2.45) is 5.92 Å². The second-order valence-corrected chi connectivity index (χ2v) is 6.30. The SMILES string of the molecule is CC(C)COc1cccc(C2NCCc3cc(O)ccc32)c1. The standard InChI is InChI=1S/C19H23NO2/c1-13(2)12-22-17-5-3-4-15(11-17)19-18-7-6-16(21)10-14(18)8-9-20-19/h3-7,10-11,13,19-21H,8-9,12H2,1-2H3. The molecule has 0 aromatic heterocycles. The smallest absolute Gasteiger partial charge is 0.119 e. The fourth-order valence-corrected chi connectivity index (χ4v) is 2.90. The molecule has 1 atom stereocenters. The van der Waals surface area contributed by atoms with Crippen LogP contribution in [-0.4, -0.2) is 18.3 Å². The predicted octanol–water partition coefficient (Wildman–Crippen LogP) is 3.66. The number of rotatable bonds is 4. The summed E-state index contributed by atoms with van der Waals surface area (Å²) in [5.74, 6) is 1.77. The molecule has 3 rings (SSSR count). The number of benzene rings is 2. The van der Waals surface area contributed by atoms with Gasteiger partial charge in [0.25, 0.3) is 0 Å². The van der Waals surface area contributed by atoms with Gasteiger partial charge >= 0.3 is 0 Å². The van der Waals surface area contributed by atoms with Crippen molar-refractivity contribution < 1.29 is 9.84 Å². The quantitative estimate of drug-likeness (QED) is 0.905. The summed E-state index contributed by atoms with van der Waals surface area (Å²) >= 11 is 0. The van der Waals surface area contributed by atoms with Crippen molar-refractivity contribution in [1.29, 1.82) is 0 Å². The molecular formula is C19H23NO2. The third-order valence-corrected chi connectivity index (χ3v) is 3.96. The van der Waals surface area contributed by atoms with Gasteiger partial charge in [-0.15, -0.1) is 0 Å². The normalized spacial score (nSPS) is 17.3. The number of ether oxygens (including phenoxy) is 1. The van der Waals surface area contributed by atoms with E-state index in [9.17, 15) is 5.11 Å². The summed E-state index contributed by atoms with van der Waals surface area (Å²) in [4.78, 5) is 0. The van der Waals surface area contributed by atoms with Crippen LogP contribution in [-0.2, 0) is 6.42 Å². The molecule has 0 saturated heterocycles. The van der Waals surface area contributed by atoms with Gasteiger partial charge in [-0.2, -0.15) is 0 Å². The minimum Gasteiger partial charge on any atom is -0.508 e. The number of fused-ring (bicyclic) bond motifs is 1. The van der Waals surface area contributed by atoms with Gasteiger partial charge in [0.15, 0.2) is 0 Å². The van der Waals surface area contributed by atoms with Crippen molar-refractivity contribution in [1.82, 2.24) is 5.32 Å². The molecule has 0 bridgehead atoms. The van der Waals surface area contributed by atoms with Crippen molar-refractivity contribution >= 4 is 0 Å². The van der Waals surface area contributed by atoms with Crippen LogP contribution >= 0.6 is 0 Å². The fraction of sp³-hybridized carbons (Fsp3) is 0.368. The average molecular weight is 297 g/mol. The van der Waals surface area contributed by atoms with Crippen LogP contribution in [0.5, 0.6) is 11.5 Å². The van der Waals surface area contributed by atoms with Crippen LogP contribution in [0.4, 0.5) is 0 Å². The summed E-state index contributed by atoms with van der Waals surface area (Å²) in [6, 6.07) is 14.1. The van der Waals surface area contributed by atoms with Crippen LogP contribution in [0.15, 0.2) is 42.5 Å². The Morgan fingerprint density at radius 2 is 2.09 bits per heavy atom. The number of aromatic hydroxyl groups is 1. The zero-order valence-electron chi connectivity index (χ0n) is 13.2. The molecule has 0 amide bonds. The third-order valence-electron chi connectivity index (χ3n) is 3.96. The lowest BCUT2D eigenvalue weighted by molar-refractivity contribution is 0.270. The molecule has 2 N–H and O–H groups in total. The molecule has 0 aliphatic carbocycles. The highest BCUT2D eigenvalue weighted by Gasteiger charge is 2.21. The molecule has 1 unspecified atom stereocenters. The summed E-state index contributed by atoms with van der Waals surface area (Å²) in [7, 11) is 0. The first-order chi connectivity index (χ1) is 10.6. The van der Waals surface area contributed by atoms with Gasteiger partial charge in [-0.05, 0) is 53.3 Å². The highest BCUT2D eigenvalue weighted by Crippen LogP contribution is 2.32. The highest BCUT2D eigenvalue weighted by atomic mass is 16.5. The van der Waals surface area contributed by atoms with E-state index in [-0.39, 0.29) is 6.04 Å². The molecule has 22 heavy (non-hydrogen) atoms. The number of hydrogen-bond acceptors (Lipinski definition) is 3. The van der Waals surface area contributed by atoms with E-state index in [1.807, 2.05) is 24.3 Å². The summed E-state index contributed by atoms with van der Waals surface area (Å²) in [5.41, 5.74) is 3.66. The molecule has 1 aliphatic heterocycles. The minimum atomic E-state index is 0.159. The number of phenols is 1. The highest BCUT2D eigenvalue weighted by molar-refractivity contribution is 5.44. The lowest BCUT2D eigenvalue weighted by atomic mass is 9.89. The van der Waals surface area contributed by atoms with Gasteiger partial charge in [0, 0.05) is 6.54 Å². The van der Waals surface area contributed by atoms with Gasteiger partial charge in [0.2, 0.25) is 0 Å². The van der Waals surface area contributed by atoms with Crippen LogP contribution in [0.25, 0.3) is 0 Å². The maximum atomic E-state index is 9.67. The average Bonchev–Trinajstić information content (AvgIpc) is 2.52. The van der Waals surface area contributed by atoms with E-state index in [1.165, 1.54) is 16.7 Å². The molecule has 2 aromatic carbocycles. The molecule has 3 heteroatoms. The Balaban J connectivity index is 1.87. The zero-order chi connectivity index (χ0) is 15.5. The van der Waals surface area contributed by atoms with E-state index in [4.69, 9.17) is 4.74 Å². The first-order valence-electron chi connectivity index (χ1n) is 7.91. The van der Waals surface area contributed by atoms with Gasteiger partial charge in [-0.3, -0.25) is 0 Å². The third kappa shape index (κ3) is 3.25. The fourth-order valence-electron chi connectivity index (χ4n) is 2.90. The number of nitrogens with one attached hydrogen (secondary N) is 1. The van der Waals surface area contributed by atoms with Crippen molar-refractivity contribution in [2.45, 2.75) is 26.3 Å². The summed E-state index contributed by atoms with van der Waals surface area (Å²) in [6.07, 6.45) is 0.948. The topological polar surface area (TPSA) is 41.5 Å². The van der Waals surface area contributed by atoms with Crippen molar-refractivity contribution in [2.75, 3.05) is 13.2 Å². The van der Waals surface area contributed by atoms with E-state index in [2.05, 4.69) is 31.3 Å². The zero-order valence-corrected chi connectivity index (χ0v) is 13.2. The Hall–Kier alpha value is -2.00. The van der Waals surface area contributed by atoms with E-state index >= 15 is 0 Å². The summed E-state index contributed by atoms with van der Waals surface area (Å²) in [6.45, 7) is 5.94. The minimum absolute atomic E-state index is 0.159. The Kier molecular flexibility index (Phi) is 4.34. The van der Waals surface area contributed by atoms with Gasteiger partial charge in [0.05, 0.1) is 12.6 Å². The molecule has 1 aliphatic rings. The molecular weight excluding hydrogens is 274 g/mol. The largest absolute Gasteiger partial charge is 0.508 e. The van der Waals surface area contributed by atoms with Gasteiger partial charge in [0.1, 0.15) is 11.5 Å². The van der Waals surface area contributed by atoms with Crippen molar-refractivity contribution in [3.05, 3.63) is 59.2 Å². The second-order valence-electron chi connectivity index (χ2n) is 6.30. The Labute approximate surface area is 131 Å². The maximum absolute atomic E-state index is 9.67. The Morgan fingerprint density at radius 3 is 2.91 bits per heavy atom. The molecule has 3 nitrogen and oxygen atoms in total. The molecule has 116 valence electrons. The second kappa shape index (κ2) is 6.41. The number of phenolic OH excluding ortho intramolecular Hbond substituents is 1. The van der Waals surface area contributed by atoms with Crippen molar-refractivity contribution in [3.63, 3.8) is 0 Å². The molecule has 1 heterocycles. The van der Waals surface area contributed by atoms with E-state index in [1.54, 1.807) is 6.07 Å². The lowest BCUT2D eigenvalue weighted by Gasteiger charge is -2.27. The molecule has 0 fully saturated rings. The maximum Gasteiger partial charge on any atom is 0.119 e. The van der Waals surface area contributed by atoms with Crippen LogP contribution in [0, 0.1) is 5.92 Å². The lowest BCUT2D eigenvalue weighted by Crippen LogP contribution is -2.30. The van der Waals surface area contributed by atoms with Crippen LogP contribution < -0.4 is 10.1 Å². The molecule has 2 aromatic rings. The van der Waals surface area contributed by atoms with Crippen LogP contribution in [0.3, 0.4) is 0 Å². The van der Waals surface area contributed by atoms with Crippen LogP contribution in [0.2, 0.25) is 0 Å². The first-order valence-corrected chi connectivity index (χ1v) is 7.91. The molecule has 0 saturated carbocycles. The van der Waals surface area contributed by atoms with Gasteiger partial charge in [-0.1, -0.05) is 32.0 Å². The van der Waals surface area contributed by atoms with Gasteiger partial charge in [-0.25, -0.2) is 0 Å². The van der Waals surface area contributed by atoms with Crippen molar-refractivity contribution in [3.8, 4) is 11.5 Å². The van der Waals surface area contributed by atoms with Crippen LogP contribution in [0.1, 0.15) is 36.6 Å². The molecule has 0 spiro atoms. The molecule has 0 radical (unpaired) electrons. The summed E-state index contributed by atoms with van der Waals surface area (Å²) < 4.78 is 5.84. The van der Waals surface area contributed by atoms with E-state index in [0.717, 1.165) is 25.3 Å². The monoisotopic (exact) mass is 297 g/mol. The Bertz CT molecular complexity index is 652. The first kappa shape index (κ1) is 14.9. The number of hydrogen-bond donors (Lipinski definition) is 2.